The van der Waals surface area contributed by atoms with E-state index in [1.807, 2.05) is 31.2 Å². The molecule has 0 bridgehead atoms. The Morgan fingerprint density at radius 2 is 1.68 bits per heavy atom. The SMILES string of the molecule is CCOc1cc(/C=C2\SC(=O)N(CCOc3ccc(Cl)cc3)C2=O)cc(Cl)c1OCc1cccc2ccccc12. The van der Waals surface area contributed by atoms with Gasteiger partial charge in [0.2, 0.25) is 0 Å². The molecule has 0 unspecified atom stereocenters. The predicted molar refractivity (Wildman–Crippen MR) is 161 cm³/mol. The van der Waals surface area contributed by atoms with Crippen LogP contribution in [0.25, 0.3) is 16.8 Å². The van der Waals surface area contributed by atoms with Gasteiger partial charge in [0.05, 0.1) is 23.1 Å². The Morgan fingerprint density at radius 3 is 2.48 bits per heavy atom. The minimum absolute atomic E-state index is 0.122. The first-order valence-electron chi connectivity index (χ1n) is 12.6. The lowest BCUT2D eigenvalue weighted by atomic mass is 10.1. The molecule has 4 aromatic rings. The van der Waals surface area contributed by atoms with Gasteiger partial charge in [-0.1, -0.05) is 65.7 Å². The lowest BCUT2D eigenvalue weighted by molar-refractivity contribution is -0.123. The molecule has 6 nitrogen and oxygen atoms in total. The van der Waals surface area contributed by atoms with Crippen LogP contribution in [0.3, 0.4) is 0 Å². The topological polar surface area (TPSA) is 65.1 Å². The molecule has 5 rings (SSSR count). The summed E-state index contributed by atoms with van der Waals surface area (Å²) < 4.78 is 17.6. The molecule has 0 spiro atoms. The van der Waals surface area contributed by atoms with E-state index in [0.29, 0.717) is 51.0 Å². The van der Waals surface area contributed by atoms with E-state index in [2.05, 4.69) is 18.2 Å². The summed E-state index contributed by atoms with van der Waals surface area (Å²) in [6.45, 7) is 2.85. The van der Waals surface area contributed by atoms with Gasteiger partial charge in [0, 0.05) is 5.02 Å². The number of halogens is 2. The number of amides is 2. The van der Waals surface area contributed by atoms with Crippen molar-refractivity contribution in [1.29, 1.82) is 0 Å². The summed E-state index contributed by atoms with van der Waals surface area (Å²) in [6, 6.07) is 24.5. The van der Waals surface area contributed by atoms with Crippen molar-refractivity contribution in [3.05, 3.63) is 105 Å². The van der Waals surface area contributed by atoms with E-state index in [9.17, 15) is 9.59 Å². The predicted octanol–water partition coefficient (Wildman–Crippen LogP) is 8.24. The van der Waals surface area contributed by atoms with Gasteiger partial charge in [-0.2, -0.15) is 0 Å². The molecular weight excluding hydrogens is 569 g/mol. The molecule has 1 aliphatic rings. The Balaban J connectivity index is 1.30. The third-order valence-electron chi connectivity index (χ3n) is 6.15. The van der Waals surface area contributed by atoms with Crippen LogP contribution in [0.4, 0.5) is 4.79 Å². The quantitative estimate of drug-likeness (QED) is 0.172. The molecule has 0 atom stereocenters. The summed E-state index contributed by atoms with van der Waals surface area (Å²) >= 11 is 13.4. The second-order valence-electron chi connectivity index (χ2n) is 8.83. The Hall–Kier alpha value is -3.65. The van der Waals surface area contributed by atoms with Crippen LogP contribution < -0.4 is 14.2 Å². The van der Waals surface area contributed by atoms with E-state index in [1.54, 1.807) is 42.5 Å². The van der Waals surface area contributed by atoms with Crippen LogP contribution in [0, 0.1) is 0 Å². The van der Waals surface area contributed by atoms with E-state index < -0.39 is 0 Å². The molecule has 0 aliphatic carbocycles. The van der Waals surface area contributed by atoms with Crippen molar-refractivity contribution in [1.82, 2.24) is 4.90 Å². The Labute approximate surface area is 246 Å². The zero-order valence-electron chi connectivity index (χ0n) is 21.6. The number of hydrogen-bond acceptors (Lipinski definition) is 6. The molecule has 2 amide bonds. The van der Waals surface area contributed by atoms with Crippen LogP contribution in [0.2, 0.25) is 10.0 Å². The van der Waals surface area contributed by atoms with Crippen molar-refractivity contribution in [3.8, 4) is 17.2 Å². The molecule has 1 heterocycles. The molecule has 0 aromatic heterocycles. The Kier molecular flexibility index (Phi) is 8.85. The maximum Gasteiger partial charge on any atom is 0.293 e. The highest BCUT2D eigenvalue weighted by Gasteiger charge is 2.35. The van der Waals surface area contributed by atoms with E-state index in [1.165, 1.54) is 4.90 Å². The van der Waals surface area contributed by atoms with Crippen molar-refractivity contribution in [3.63, 3.8) is 0 Å². The van der Waals surface area contributed by atoms with Gasteiger partial charge in [0.25, 0.3) is 11.1 Å². The first kappa shape index (κ1) is 27.9. The van der Waals surface area contributed by atoms with Gasteiger partial charge >= 0.3 is 0 Å². The molecular formula is C31H25Cl2NO5S. The Bertz CT molecular complexity index is 1580. The van der Waals surface area contributed by atoms with Crippen LogP contribution in [0.15, 0.2) is 83.8 Å². The zero-order valence-corrected chi connectivity index (χ0v) is 23.9. The van der Waals surface area contributed by atoms with Crippen molar-refractivity contribution in [2.75, 3.05) is 19.8 Å². The number of imide groups is 1. The van der Waals surface area contributed by atoms with Crippen molar-refractivity contribution < 1.29 is 23.8 Å². The third-order valence-corrected chi connectivity index (χ3v) is 7.59. The zero-order chi connectivity index (χ0) is 28.1. The third kappa shape index (κ3) is 6.39. The highest BCUT2D eigenvalue weighted by atomic mass is 35.5. The fourth-order valence-electron chi connectivity index (χ4n) is 4.27. The smallest absolute Gasteiger partial charge is 0.293 e. The largest absolute Gasteiger partial charge is 0.492 e. The number of hydrogen-bond donors (Lipinski definition) is 0. The molecule has 1 fully saturated rings. The molecule has 40 heavy (non-hydrogen) atoms. The number of ether oxygens (including phenoxy) is 3. The molecule has 204 valence electrons. The van der Waals surface area contributed by atoms with Crippen molar-refractivity contribution in [2.45, 2.75) is 13.5 Å². The first-order chi connectivity index (χ1) is 19.4. The van der Waals surface area contributed by atoms with Crippen LogP contribution in [-0.4, -0.2) is 35.8 Å². The van der Waals surface area contributed by atoms with E-state index in [4.69, 9.17) is 37.4 Å². The molecule has 1 aliphatic heterocycles. The molecule has 0 saturated carbocycles. The molecule has 0 radical (unpaired) electrons. The van der Waals surface area contributed by atoms with Crippen LogP contribution in [-0.2, 0) is 11.4 Å². The summed E-state index contributed by atoms with van der Waals surface area (Å²) in [4.78, 5) is 27.0. The summed E-state index contributed by atoms with van der Waals surface area (Å²) in [5, 5.41) is 2.81. The highest BCUT2D eigenvalue weighted by Crippen LogP contribution is 2.40. The van der Waals surface area contributed by atoms with Gasteiger partial charge in [-0.05, 0) is 83.1 Å². The minimum Gasteiger partial charge on any atom is -0.492 e. The average molecular weight is 595 g/mol. The summed E-state index contributed by atoms with van der Waals surface area (Å²) in [7, 11) is 0. The minimum atomic E-state index is -0.389. The monoisotopic (exact) mass is 593 g/mol. The second-order valence-corrected chi connectivity index (χ2v) is 10.7. The van der Waals surface area contributed by atoms with Gasteiger partial charge in [-0.15, -0.1) is 0 Å². The van der Waals surface area contributed by atoms with Crippen LogP contribution in [0.5, 0.6) is 17.2 Å². The van der Waals surface area contributed by atoms with Gasteiger partial charge < -0.3 is 14.2 Å². The lowest BCUT2D eigenvalue weighted by Gasteiger charge is -2.15. The fraction of sp³-hybridized carbons (Fsp3) is 0.161. The number of nitrogens with zero attached hydrogens (tertiary/aromatic N) is 1. The maximum atomic E-state index is 13.0. The molecule has 9 heteroatoms. The molecule has 1 saturated heterocycles. The number of rotatable bonds is 10. The number of fused-ring (bicyclic) bond motifs is 1. The fourth-order valence-corrected chi connectivity index (χ4v) is 5.54. The van der Waals surface area contributed by atoms with Gasteiger partial charge in [0.1, 0.15) is 19.0 Å². The maximum absolute atomic E-state index is 13.0. The van der Waals surface area contributed by atoms with Crippen LogP contribution >= 0.6 is 35.0 Å². The summed E-state index contributed by atoms with van der Waals surface area (Å²) in [5.41, 5.74) is 1.64. The summed E-state index contributed by atoms with van der Waals surface area (Å²) in [6.07, 6.45) is 1.63. The molecule has 4 aromatic carbocycles. The van der Waals surface area contributed by atoms with Crippen molar-refractivity contribution >= 4 is 63.0 Å². The normalized spacial score (nSPS) is 14.3. The standard InChI is InChI=1S/C31H25Cl2NO5S/c1-2-37-27-17-20(16-26(33)29(27)39-19-22-8-5-7-21-6-3-4-9-25(21)22)18-28-30(35)34(31(36)40-28)14-15-38-24-12-10-23(32)11-13-24/h3-13,16-18H,2,14-15,19H2,1H3/b28-18-. The van der Waals surface area contributed by atoms with Crippen LogP contribution in [0.1, 0.15) is 18.1 Å². The van der Waals surface area contributed by atoms with E-state index in [0.717, 1.165) is 28.1 Å². The summed E-state index contributed by atoms with van der Waals surface area (Å²) in [5.74, 6) is 1.09. The highest BCUT2D eigenvalue weighted by molar-refractivity contribution is 8.18. The number of thioether (sulfide) groups is 1. The lowest BCUT2D eigenvalue weighted by Crippen LogP contribution is -2.32. The van der Waals surface area contributed by atoms with Crippen molar-refractivity contribution in [2.24, 2.45) is 0 Å². The van der Waals surface area contributed by atoms with Gasteiger partial charge in [-0.3, -0.25) is 14.5 Å². The number of carbonyl (C=O) groups is 2. The van der Waals surface area contributed by atoms with Gasteiger partial charge in [0.15, 0.2) is 11.5 Å². The molecule has 0 N–H and O–H groups in total. The average Bonchev–Trinajstić information content (AvgIpc) is 3.21. The van der Waals surface area contributed by atoms with E-state index in [-0.39, 0.29) is 24.3 Å². The number of benzene rings is 4. The number of carbonyl (C=O) groups excluding carboxylic acids is 2. The Morgan fingerprint density at radius 1 is 0.900 bits per heavy atom. The first-order valence-corrected chi connectivity index (χ1v) is 14.2. The van der Waals surface area contributed by atoms with Gasteiger partial charge in [-0.25, -0.2) is 0 Å². The second kappa shape index (κ2) is 12.7. The van der Waals surface area contributed by atoms with E-state index >= 15 is 0 Å².